The summed E-state index contributed by atoms with van der Waals surface area (Å²) in [7, 11) is 7.64. The van der Waals surface area contributed by atoms with E-state index in [1.54, 1.807) is 32.4 Å². The minimum absolute atomic E-state index is 0. The number of rotatable bonds is 12. The standard InChI is InChI=1S/C21H20N2O4.C20H19N3O3.H3N/c1-25-19-7-5-4-6-16(19)18-12-15(22-13-23-18)10-14-8-9-17(21(24)27-3)20(11-14)26-2;1-25-18-6-4-3-5-15(18)17-11-14(22-12-23-17)9-13-7-8-16(20(21)24)19(10-13)26-2;/h4-9,11-13H,10H2,1-3H3;3-8,10-12H,9H2,1-2H3,(H2,21,24);1H3. The van der Waals surface area contributed by atoms with Gasteiger partial charge in [-0.2, -0.15) is 0 Å². The average Bonchev–Trinajstić information content (AvgIpc) is 3.20. The second-order valence-electron chi connectivity index (χ2n) is 11.5. The van der Waals surface area contributed by atoms with E-state index in [0.717, 1.165) is 56.5 Å². The lowest BCUT2D eigenvalue weighted by Gasteiger charge is -2.10. The lowest BCUT2D eigenvalue weighted by atomic mass is 10.0. The number of carbonyl (C=O) groups excluding carboxylic acids is 2. The molecule has 0 saturated carbocycles. The molecular formula is C41H42N6O7. The van der Waals surface area contributed by atoms with Crippen molar-refractivity contribution in [2.24, 2.45) is 5.73 Å². The van der Waals surface area contributed by atoms with Crippen LogP contribution in [0.5, 0.6) is 23.0 Å². The van der Waals surface area contributed by atoms with Crippen LogP contribution < -0.4 is 30.8 Å². The summed E-state index contributed by atoms with van der Waals surface area (Å²) >= 11 is 0. The van der Waals surface area contributed by atoms with Gasteiger partial charge in [0.25, 0.3) is 5.91 Å². The molecular weight excluding hydrogens is 688 g/mol. The normalized spacial score (nSPS) is 10.2. The van der Waals surface area contributed by atoms with Crippen LogP contribution in [0.1, 0.15) is 43.2 Å². The van der Waals surface area contributed by atoms with Crippen molar-refractivity contribution in [3.05, 3.63) is 143 Å². The number of para-hydroxylation sites is 2. The first kappa shape index (κ1) is 39.9. The van der Waals surface area contributed by atoms with Crippen LogP contribution in [-0.2, 0) is 17.6 Å². The van der Waals surface area contributed by atoms with Gasteiger partial charge in [-0.25, -0.2) is 24.7 Å². The molecule has 0 fully saturated rings. The minimum atomic E-state index is -0.520. The Labute approximate surface area is 313 Å². The third-order valence-corrected chi connectivity index (χ3v) is 8.19. The van der Waals surface area contributed by atoms with Gasteiger partial charge in [-0.1, -0.05) is 36.4 Å². The van der Waals surface area contributed by atoms with Gasteiger partial charge < -0.3 is 35.6 Å². The van der Waals surface area contributed by atoms with Crippen molar-refractivity contribution in [3.63, 3.8) is 0 Å². The SMILES string of the molecule is COC(=O)c1ccc(Cc2cc(-c3ccccc3OC)ncn2)cc1OC.COc1cc(Cc2cc(-c3ccccc3OC)ncn2)ccc1C(N)=O.N. The Morgan fingerprint density at radius 1 is 0.537 bits per heavy atom. The van der Waals surface area contributed by atoms with Gasteiger partial charge in [0.1, 0.15) is 41.2 Å². The first-order valence-electron chi connectivity index (χ1n) is 16.4. The Morgan fingerprint density at radius 2 is 0.963 bits per heavy atom. The molecule has 0 unspecified atom stereocenters. The van der Waals surface area contributed by atoms with Crippen LogP contribution in [0.2, 0.25) is 0 Å². The summed E-state index contributed by atoms with van der Waals surface area (Å²) in [6.07, 6.45) is 4.21. The molecule has 0 spiro atoms. The van der Waals surface area contributed by atoms with Crippen LogP contribution in [-0.4, -0.2) is 67.4 Å². The molecule has 6 rings (SSSR count). The van der Waals surface area contributed by atoms with Gasteiger partial charge in [0.05, 0.1) is 52.5 Å². The average molecular weight is 731 g/mol. The van der Waals surface area contributed by atoms with E-state index in [1.165, 1.54) is 34.0 Å². The van der Waals surface area contributed by atoms with Gasteiger partial charge in [0.15, 0.2) is 0 Å². The maximum absolute atomic E-state index is 11.8. The van der Waals surface area contributed by atoms with Crippen molar-refractivity contribution >= 4 is 11.9 Å². The molecule has 4 aromatic carbocycles. The number of aromatic nitrogens is 4. The largest absolute Gasteiger partial charge is 0.496 e. The van der Waals surface area contributed by atoms with Crippen molar-refractivity contribution < 1.29 is 33.3 Å². The Morgan fingerprint density at radius 3 is 1.39 bits per heavy atom. The highest BCUT2D eigenvalue weighted by molar-refractivity contribution is 5.95. The summed E-state index contributed by atoms with van der Waals surface area (Å²) in [5, 5.41) is 0. The molecule has 2 aromatic heterocycles. The van der Waals surface area contributed by atoms with Crippen molar-refractivity contribution in [1.29, 1.82) is 0 Å². The van der Waals surface area contributed by atoms with Crippen LogP contribution in [0.3, 0.4) is 0 Å². The number of amides is 1. The van der Waals surface area contributed by atoms with E-state index in [0.29, 0.717) is 35.5 Å². The molecule has 0 aliphatic rings. The van der Waals surface area contributed by atoms with Crippen molar-refractivity contribution in [1.82, 2.24) is 26.1 Å². The van der Waals surface area contributed by atoms with Crippen LogP contribution in [0.15, 0.2) is 110 Å². The molecule has 2 heterocycles. The Bertz CT molecular complexity index is 2210. The van der Waals surface area contributed by atoms with E-state index in [2.05, 4.69) is 19.9 Å². The van der Waals surface area contributed by atoms with Crippen LogP contribution in [0, 0.1) is 0 Å². The molecule has 1 amide bonds. The number of ether oxygens (including phenoxy) is 5. The molecule has 6 aromatic rings. The number of carbonyl (C=O) groups is 2. The molecule has 54 heavy (non-hydrogen) atoms. The molecule has 0 radical (unpaired) electrons. The zero-order valence-corrected chi connectivity index (χ0v) is 30.7. The third-order valence-electron chi connectivity index (χ3n) is 8.19. The van der Waals surface area contributed by atoms with E-state index in [9.17, 15) is 9.59 Å². The molecule has 278 valence electrons. The first-order chi connectivity index (χ1) is 25.8. The number of hydrogen-bond donors (Lipinski definition) is 2. The zero-order valence-electron chi connectivity index (χ0n) is 30.7. The van der Waals surface area contributed by atoms with Gasteiger partial charge in [-0.15, -0.1) is 0 Å². The predicted molar refractivity (Wildman–Crippen MR) is 205 cm³/mol. The summed E-state index contributed by atoms with van der Waals surface area (Å²) in [6.45, 7) is 0. The zero-order chi connectivity index (χ0) is 37.7. The molecule has 5 N–H and O–H groups in total. The predicted octanol–water partition coefficient (Wildman–Crippen LogP) is 6.55. The first-order valence-corrected chi connectivity index (χ1v) is 16.4. The van der Waals surface area contributed by atoms with E-state index < -0.39 is 11.9 Å². The van der Waals surface area contributed by atoms with E-state index in [4.69, 9.17) is 29.4 Å². The van der Waals surface area contributed by atoms with E-state index in [-0.39, 0.29) is 6.15 Å². The van der Waals surface area contributed by atoms with E-state index in [1.807, 2.05) is 78.9 Å². The fourth-order valence-corrected chi connectivity index (χ4v) is 5.59. The summed E-state index contributed by atoms with van der Waals surface area (Å²) in [5.74, 6) is 1.48. The summed E-state index contributed by atoms with van der Waals surface area (Å²) in [6, 6.07) is 29.9. The number of nitrogens with zero attached hydrogens (tertiary/aromatic N) is 4. The van der Waals surface area contributed by atoms with Gasteiger partial charge in [0, 0.05) is 35.4 Å². The minimum Gasteiger partial charge on any atom is -0.496 e. The van der Waals surface area contributed by atoms with Gasteiger partial charge >= 0.3 is 5.97 Å². The van der Waals surface area contributed by atoms with Gasteiger partial charge in [-0.05, 0) is 71.8 Å². The molecule has 13 heteroatoms. The van der Waals surface area contributed by atoms with Gasteiger partial charge in [0.2, 0.25) is 0 Å². The second-order valence-corrected chi connectivity index (χ2v) is 11.5. The number of methoxy groups -OCH3 is 5. The number of nitrogens with two attached hydrogens (primary N) is 1. The highest BCUT2D eigenvalue weighted by Crippen LogP contribution is 2.30. The Hall–Kier alpha value is -6.86. The fraction of sp³-hybridized carbons (Fsp3) is 0.171. The van der Waals surface area contributed by atoms with Gasteiger partial charge in [-0.3, -0.25) is 4.79 Å². The van der Waals surface area contributed by atoms with E-state index >= 15 is 0 Å². The topological polar surface area (TPSA) is 193 Å². The molecule has 0 aliphatic heterocycles. The molecule has 13 nitrogen and oxygen atoms in total. The number of benzene rings is 4. The number of esters is 1. The van der Waals surface area contributed by atoms with Crippen molar-refractivity contribution in [3.8, 4) is 45.5 Å². The smallest absolute Gasteiger partial charge is 0.341 e. The fourth-order valence-electron chi connectivity index (χ4n) is 5.59. The lowest BCUT2D eigenvalue weighted by molar-refractivity contribution is 0.0597. The maximum atomic E-state index is 11.8. The number of hydrogen-bond acceptors (Lipinski definition) is 12. The Balaban J connectivity index is 0.000000236. The number of primary amides is 1. The summed E-state index contributed by atoms with van der Waals surface area (Å²) in [4.78, 5) is 40.6. The van der Waals surface area contributed by atoms with Crippen molar-refractivity contribution in [2.45, 2.75) is 12.8 Å². The summed E-state index contributed by atoms with van der Waals surface area (Å²) in [5.41, 5.74) is 13.1. The molecule has 0 aliphatic carbocycles. The van der Waals surface area contributed by atoms with Crippen molar-refractivity contribution in [2.75, 3.05) is 35.5 Å². The highest BCUT2D eigenvalue weighted by Gasteiger charge is 2.15. The molecule has 0 atom stereocenters. The molecule has 0 bridgehead atoms. The Kier molecular flexibility index (Phi) is 14.1. The second kappa shape index (κ2) is 19.1. The highest BCUT2D eigenvalue weighted by atomic mass is 16.5. The molecule has 0 saturated heterocycles. The summed E-state index contributed by atoms with van der Waals surface area (Å²) < 4.78 is 26.2. The van der Waals surface area contributed by atoms with Crippen LogP contribution >= 0.6 is 0 Å². The maximum Gasteiger partial charge on any atom is 0.341 e. The monoisotopic (exact) mass is 730 g/mol. The third kappa shape index (κ3) is 9.72. The quantitative estimate of drug-likeness (QED) is 0.129. The lowest BCUT2D eigenvalue weighted by Crippen LogP contribution is -2.12. The van der Waals surface area contributed by atoms with Crippen LogP contribution in [0.4, 0.5) is 0 Å². The van der Waals surface area contributed by atoms with Crippen LogP contribution in [0.25, 0.3) is 22.5 Å².